The van der Waals surface area contributed by atoms with Gasteiger partial charge < -0.3 is 15.5 Å². The highest BCUT2D eigenvalue weighted by Gasteiger charge is 2.27. The zero-order chi connectivity index (χ0) is 15.7. The van der Waals surface area contributed by atoms with Crippen LogP contribution in [0, 0.1) is 12.7 Å². The number of imidazole rings is 1. The first-order valence-electron chi connectivity index (χ1n) is 6.17. The molecule has 0 fully saturated rings. The number of nitrogens with one attached hydrogen (secondary N) is 1. The molecule has 0 saturated heterocycles. The van der Waals surface area contributed by atoms with Gasteiger partial charge in [0.15, 0.2) is 6.04 Å². The number of carboxylic acids is 1. The summed E-state index contributed by atoms with van der Waals surface area (Å²) in [5.74, 6) is -2.67. The molecule has 0 spiro atoms. The molecule has 0 radical (unpaired) electrons. The van der Waals surface area contributed by atoms with Crippen molar-refractivity contribution in [2.75, 3.05) is 0 Å². The number of carbonyl (C=O) groups excluding carboxylic acids is 1. The predicted molar refractivity (Wildman–Crippen MR) is 70.5 cm³/mol. The maximum atomic E-state index is 13.3. The standard InChI is InChI=1S/C13H14FN3O4/c1-6-11(12(19)16-10(7(2)18)13(20)21)17-5-8(14)3-4-9(17)15-6/h3-5,7,10,18H,1-2H3,(H,16,19)(H,20,21). The summed E-state index contributed by atoms with van der Waals surface area (Å²) in [7, 11) is 0. The molecular weight excluding hydrogens is 281 g/mol. The first-order valence-corrected chi connectivity index (χ1v) is 6.17. The highest BCUT2D eigenvalue weighted by Crippen LogP contribution is 2.13. The SMILES string of the molecule is Cc1nc2ccc(F)cn2c1C(=O)NC(C(=O)O)C(C)O. The molecule has 2 heterocycles. The molecule has 0 aliphatic rings. The quantitative estimate of drug-likeness (QED) is 0.755. The topological polar surface area (TPSA) is 104 Å². The van der Waals surface area contributed by atoms with Crippen molar-refractivity contribution in [2.24, 2.45) is 0 Å². The average Bonchev–Trinajstić information content (AvgIpc) is 2.70. The summed E-state index contributed by atoms with van der Waals surface area (Å²) in [5, 5.41) is 20.5. The summed E-state index contributed by atoms with van der Waals surface area (Å²) >= 11 is 0. The van der Waals surface area contributed by atoms with Gasteiger partial charge in [-0.2, -0.15) is 0 Å². The van der Waals surface area contributed by atoms with Crippen LogP contribution in [-0.4, -0.2) is 43.6 Å². The highest BCUT2D eigenvalue weighted by molar-refractivity contribution is 5.97. The van der Waals surface area contributed by atoms with E-state index in [9.17, 15) is 19.1 Å². The third-order valence-corrected chi connectivity index (χ3v) is 3.01. The molecule has 0 aliphatic heterocycles. The minimum atomic E-state index is -1.46. The van der Waals surface area contributed by atoms with E-state index in [0.717, 1.165) is 6.20 Å². The van der Waals surface area contributed by atoms with Gasteiger partial charge in [0, 0.05) is 6.20 Å². The average molecular weight is 295 g/mol. The van der Waals surface area contributed by atoms with Crippen molar-refractivity contribution in [3.05, 3.63) is 35.5 Å². The third kappa shape index (κ3) is 2.84. The molecule has 3 N–H and O–H groups in total. The molecule has 112 valence electrons. The lowest BCUT2D eigenvalue weighted by Gasteiger charge is -2.17. The van der Waals surface area contributed by atoms with Crippen molar-refractivity contribution < 1.29 is 24.2 Å². The third-order valence-electron chi connectivity index (χ3n) is 3.01. The Morgan fingerprint density at radius 2 is 2.10 bits per heavy atom. The molecule has 2 atom stereocenters. The highest BCUT2D eigenvalue weighted by atomic mass is 19.1. The van der Waals surface area contributed by atoms with E-state index in [1.807, 2.05) is 0 Å². The molecule has 0 aromatic carbocycles. The van der Waals surface area contributed by atoms with E-state index in [4.69, 9.17) is 5.11 Å². The van der Waals surface area contributed by atoms with Gasteiger partial charge in [0.2, 0.25) is 0 Å². The maximum Gasteiger partial charge on any atom is 0.328 e. The molecule has 7 nitrogen and oxygen atoms in total. The number of halogens is 1. The molecule has 0 saturated carbocycles. The van der Waals surface area contributed by atoms with Gasteiger partial charge in [-0.15, -0.1) is 0 Å². The van der Waals surface area contributed by atoms with Crippen LogP contribution in [-0.2, 0) is 4.79 Å². The number of aliphatic carboxylic acids is 1. The summed E-state index contributed by atoms with van der Waals surface area (Å²) in [4.78, 5) is 27.3. The number of aliphatic hydroxyl groups excluding tert-OH is 1. The summed E-state index contributed by atoms with van der Waals surface area (Å²) in [6.07, 6.45) is -0.190. The van der Waals surface area contributed by atoms with E-state index < -0.39 is 29.8 Å². The Labute approximate surface area is 119 Å². The molecule has 2 aromatic rings. The van der Waals surface area contributed by atoms with Crippen LogP contribution in [0.4, 0.5) is 4.39 Å². The lowest BCUT2D eigenvalue weighted by atomic mass is 10.1. The number of hydrogen-bond acceptors (Lipinski definition) is 4. The van der Waals surface area contributed by atoms with Gasteiger partial charge >= 0.3 is 5.97 Å². The van der Waals surface area contributed by atoms with E-state index >= 15 is 0 Å². The van der Waals surface area contributed by atoms with Crippen LogP contribution in [0.15, 0.2) is 18.3 Å². The molecule has 0 bridgehead atoms. The second-order valence-electron chi connectivity index (χ2n) is 4.65. The van der Waals surface area contributed by atoms with Crippen molar-refractivity contribution >= 4 is 17.5 Å². The fourth-order valence-electron chi connectivity index (χ4n) is 2.01. The van der Waals surface area contributed by atoms with Crippen LogP contribution in [0.1, 0.15) is 23.1 Å². The zero-order valence-electron chi connectivity index (χ0n) is 11.4. The van der Waals surface area contributed by atoms with E-state index in [2.05, 4.69) is 10.3 Å². The number of aryl methyl sites for hydroxylation is 1. The predicted octanol–water partition coefficient (Wildman–Crippen LogP) is 0.346. The second-order valence-corrected chi connectivity index (χ2v) is 4.65. The molecule has 8 heteroatoms. The molecule has 1 amide bonds. The molecular formula is C13H14FN3O4. The number of amides is 1. The van der Waals surface area contributed by atoms with Gasteiger partial charge in [0.05, 0.1) is 11.8 Å². The summed E-state index contributed by atoms with van der Waals surface area (Å²) < 4.78 is 14.5. The number of nitrogens with zero attached hydrogens (tertiary/aromatic N) is 2. The van der Waals surface area contributed by atoms with Crippen molar-refractivity contribution in [3.8, 4) is 0 Å². The molecule has 2 unspecified atom stereocenters. The van der Waals surface area contributed by atoms with E-state index in [1.165, 1.54) is 23.5 Å². The second kappa shape index (κ2) is 5.49. The van der Waals surface area contributed by atoms with Crippen LogP contribution in [0.2, 0.25) is 0 Å². The summed E-state index contributed by atoms with van der Waals surface area (Å²) in [5.41, 5.74) is 0.715. The van der Waals surface area contributed by atoms with Crippen LogP contribution < -0.4 is 5.32 Å². The van der Waals surface area contributed by atoms with Gasteiger partial charge in [0.1, 0.15) is 17.2 Å². The van der Waals surface area contributed by atoms with Crippen molar-refractivity contribution in [2.45, 2.75) is 26.0 Å². The van der Waals surface area contributed by atoms with Gasteiger partial charge in [0.25, 0.3) is 5.91 Å². The van der Waals surface area contributed by atoms with E-state index in [0.29, 0.717) is 11.3 Å². The largest absolute Gasteiger partial charge is 0.480 e. The number of rotatable bonds is 4. The minimum absolute atomic E-state index is 0.0244. The van der Waals surface area contributed by atoms with Gasteiger partial charge in [-0.1, -0.05) is 0 Å². The van der Waals surface area contributed by atoms with Crippen molar-refractivity contribution in [3.63, 3.8) is 0 Å². The van der Waals surface area contributed by atoms with E-state index in [-0.39, 0.29) is 5.69 Å². The minimum Gasteiger partial charge on any atom is -0.480 e. The first kappa shape index (κ1) is 14.9. The van der Waals surface area contributed by atoms with Crippen molar-refractivity contribution in [1.29, 1.82) is 0 Å². The van der Waals surface area contributed by atoms with Crippen LogP contribution in [0.5, 0.6) is 0 Å². The molecule has 2 aromatic heterocycles. The van der Waals surface area contributed by atoms with Crippen LogP contribution in [0.3, 0.4) is 0 Å². The summed E-state index contributed by atoms with van der Waals surface area (Å²) in [6, 6.07) is 1.15. The van der Waals surface area contributed by atoms with Gasteiger partial charge in [-0.05, 0) is 26.0 Å². The van der Waals surface area contributed by atoms with Crippen LogP contribution >= 0.6 is 0 Å². The fraction of sp³-hybridized carbons (Fsp3) is 0.308. The van der Waals surface area contributed by atoms with Crippen LogP contribution in [0.25, 0.3) is 5.65 Å². The Bertz CT molecular complexity index is 711. The summed E-state index contributed by atoms with van der Waals surface area (Å²) in [6.45, 7) is 2.80. The number of aliphatic hydroxyl groups is 1. The Balaban J connectivity index is 2.41. The smallest absolute Gasteiger partial charge is 0.328 e. The van der Waals surface area contributed by atoms with Gasteiger partial charge in [-0.25, -0.2) is 14.2 Å². The number of hydrogen-bond donors (Lipinski definition) is 3. The number of fused-ring (bicyclic) bond motifs is 1. The Hall–Kier alpha value is -2.48. The Morgan fingerprint density at radius 3 is 2.67 bits per heavy atom. The Morgan fingerprint density at radius 1 is 1.43 bits per heavy atom. The maximum absolute atomic E-state index is 13.3. The first-order chi connectivity index (χ1) is 9.81. The monoisotopic (exact) mass is 295 g/mol. The number of aromatic nitrogens is 2. The lowest BCUT2D eigenvalue weighted by Crippen LogP contribution is -2.48. The molecule has 0 aliphatic carbocycles. The van der Waals surface area contributed by atoms with Crippen molar-refractivity contribution in [1.82, 2.24) is 14.7 Å². The van der Waals surface area contributed by atoms with Gasteiger partial charge in [-0.3, -0.25) is 9.20 Å². The van der Waals surface area contributed by atoms with E-state index in [1.54, 1.807) is 6.92 Å². The lowest BCUT2D eigenvalue weighted by molar-refractivity contribution is -0.141. The fourth-order valence-corrected chi connectivity index (χ4v) is 2.01. The number of carboxylic acid groups (broad SMARTS) is 1. The Kier molecular flexibility index (Phi) is 3.90. The molecule has 2 rings (SSSR count). The number of pyridine rings is 1. The molecule has 21 heavy (non-hydrogen) atoms. The zero-order valence-corrected chi connectivity index (χ0v) is 11.4. The number of carbonyl (C=O) groups is 2. The normalized spacial score (nSPS) is 13.9.